The first kappa shape index (κ1) is 20.0. The molecule has 0 amide bonds. The standard InChI is InChI=1S/C24H25NO3S/c25-20-6-4-5-19(13-20)24-27-21(16-29-22-7-2-1-3-8-22)14-23(28-24)18-11-9-17(15-26)10-12-18/h1-13,21,23-24,26H,14-16,25H2/t21-,23+,24+/m0/s1. The van der Waals surface area contributed by atoms with E-state index in [9.17, 15) is 5.11 Å². The molecule has 1 aliphatic heterocycles. The van der Waals surface area contributed by atoms with E-state index >= 15 is 0 Å². The first-order chi connectivity index (χ1) is 14.2. The van der Waals surface area contributed by atoms with Crippen molar-refractivity contribution < 1.29 is 14.6 Å². The molecule has 5 heteroatoms. The zero-order valence-electron chi connectivity index (χ0n) is 16.1. The molecule has 0 bridgehead atoms. The molecule has 0 aromatic heterocycles. The van der Waals surface area contributed by atoms with Gasteiger partial charge in [-0.3, -0.25) is 0 Å². The van der Waals surface area contributed by atoms with E-state index in [1.807, 2.05) is 66.7 Å². The monoisotopic (exact) mass is 407 g/mol. The lowest BCUT2D eigenvalue weighted by molar-refractivity contribution is -0.245. The molecule has 4 rings (SSSR count). The van der Waals surface area contributed by atoms with Gasteiger partial charge in [0.25, 0.3) is 0 Å². The summed E-state index contributed by atoms with van der Waals surface area (Å²) < 4.78 is 12.6. The lowest BCUT2D eigenvalue weighted by atomic mass is 10.0. The van der Waals surface area contributed by atoms with E-state index in [1.165, 1.54) is 4.90 Å². The van der Waals surface area contributed by atoms with Gasteiger partial charge in [0.2, 0.25) is 0 Å². The van der Waals surface area contributed by atoms with Gasteiger partial charge < -0.3 is 20.3 Å². The number of anilines is 1. The van der Waals surface area contributed by atoms with Crippen LogP contribution in [-0.4, -0.2) is 17.0 Å². The maximum absolute atomic E-state index is 9.31. The van der Waals surface area contributed by atoms with Crippen molar-refractivity contribution >= 4 is 17.4 Å². The molecule has 4 nitrogen and oxygen atoms in total. The van der Waals surface area contributed by atoms with Crippen molar-refractivity contribution in [2.24, 2.45) is 0 Å². The Morgan fingerprint density at radius 1 is 0.897 bits per heavy atom. The number of nitrogens with two attached hydrogens (primary N) is 1. The highest BCUT2D eigenvalue weighted by Crippen LogP contribution is 2.39. The summed E-state index contributed by atoms with van der Waals surface area (Å²) >= 11 is 1.79. The van der Waals surface area contributed by atoms with Crippen LogP contribution >= 0.6 is 11.8 Å². The molecule has 0 spiro atoms. The second-order valence-corrected chi connectivity index (χ2v) is 8.24. The smallest absolute Gasteiger partial charge is 0.184 e. The Bertz CT molecular complexity index is 917. The van der Waals surface area contributed by atoms with Crippen LogP contribution in [0.2, 0.25) is 0 Å². The highest BCUT2D eigenvalue weighted by atomic mass is 32.2. The minimum absolute atomic E-state index is 0.0389. The van der Waals surface area contributed by atoms with Crippen molar-refractivity contribution in [2.75, 3.05) is 11.5 Å². The normalized spacial score (nSPS) is 21.8. The first-order valence-electron chi connectivity index (χ1n) is 9.75. The summed E-state index contributed by atoms with van der Waals surface area (Å²) in [5.41, 5.74) is 9.58. The van der Waals surface area contributed by atoms with Crippen molar-refractivity contribution in [2.45, 2.75) is 36.4 Å². The molecule has 1 fully saturated rings. The Hall–Kier alpha value is -2.31. The summed E-state index contributed by atoms with van der Waals surface area (Å²) in [6.07, 6.45) is 0.278. The lowest BCUT2D eigenvalue weighted by Crippen LogP contribution is -2.31. The third kappa shape index (κ3) is 5.19. The van der Waals surface area contributed by atoms with E-state index in [1.54, 1.807) is 11.8 Å². The molecule has 3 N–H and O–H groups in total. The first-order valence-corrected chi connectivity index (χ1v) is 10.7. The molecule has 3 aromatic carbocycles. The van der Waals surface area contributed by atoms with Crippen LogP contribution in [0.1, 0.15) is 35.5 Å². The number of ether oxygens (including phenoxy) is 2. The van der Waals surface area contributed by atoms with Crippen LogP contribution in [0, 0.1) is 0 Å². The number of thioether (sulfide) groups is 1. The quantitative estimate of drug-likeness (QED) is 0.440. The van der Waals surface area contributed by atoms with Crippen molar-refractivity contribution in [1.29, 1.82) is 0 Å². The van der Waals surface area contributed by atoms with Crippen LogP contribution in [0.3, 0.4) is 0 Å². The van der Waals surface area contributed by atoms with E-state index < -0.39 is 6.29 Å². The molecule has 1 aliphatic rings. The summed E-state index contributed by atoms with van der Waals surface area (Å²) in [5.74, 6) is 0.845. The molecule has 0 radical (unpaired) electrons. The maximum Gasteiger partial charge on any atom is 0.184 e. The Balaban J connectivity index is 1.53. The van der Waals surface area contributed by atoms with E-state index in [4.69, 9.17) is 15.2 Å². The number of rotatable bonds is 6. The molecular formula is C24H25NO3S. The fraction of sp³-hybridized carbons (Fsp3) is 0.250. The van der Waals surface area contributed by atoms with Crippen molar-refractivity contribution in [1.82, 2.24) is 0 Å². The van der Waals surface area contributed by atoms with E-state index in [0.717, 1.165) is 28.9 Å². The van der Waals surface area contributed by atoms with Crippen LogP contribution in [0.5, 0.6) is 0 Å². The topological polar surface area (TPSA) is 64.7 Å². The predicted octanol–water partition coefficient (Wildman–Crippen LogP) is 5.10. The minimum atomic E-state index is -0.462. The Kier molecular flexibility index (Phi) is 6.52. The molecule has 1 heterocycles. The number of aliphatic hydroxyl groups is 1. The predicted molar refractivity (Wildman–Crippen MR) is 116 cm³/mol. The van der Waals surface area contributed by atoms with E-state index in [2.05, 4.69) is 12.1 Å². The molecular weight excluding hydrogens is 382 g/mol. The molecule has 3 atom stereocenters. The van der Waals surface area contributed by atoms with Crippen molar-refractivity contribution in [3.05, 3.63) is 95.6 Å². The molecule has 3 aromatic rings. The maximum atomic E-state index is 9.31. The van der Waals surface area contributed by atoms with Crippen LogP contribution in [0.4, 0.5) is 5.69 Å². The largest absolute Gasteiger partial charge is 0.399 e. The van der Waals surface area contributed by atoms with Crippen LogP contribution in [0.15, 0.2) is 83.8 Å². The number of nitrogen functional groups attached to an aromatic ring is 1. The summed E-state index contributed by atoms with van der Waals surface area (Å²) in [6, 6.07) is 26.0. The van der Waals surface area contributed by atoms with Gasteiger partial charge in [0.15, 0.2) is 6.29 Å². The van der Waals surface area contributed by atoms with Gasteiger partial charge in [0.05, 0.1) is 18.8 Å². The highest BCUT2D eigenvalue weighted by Gasteiger charge is 2.32. The lowest BCUT2D eigenvalue weighted by Gasteiger charge is -2.36. The molecule has 1 saturated heterocycles. The summed E-state index contributed by atoms with van der Waals surface area (Å²) in [5, 5.41) is 9.31. The molecule has 150 valence electrons. The summed E-state index contributed by atoms with van der Waals surface area (Å²) in [4.78, 5) is 1.23. The second-order valence-electron chi connectivity index (χ2n) is 7.14. The summed E-state index contributed by atoms with van der Waals surface area (Å²) in [7, 11) is 0. The number of hydrogen-bond acceptors (Lipinski definition) is 5. The molecule has 29 heavy (non-hydrogen) atoms. The van der Waals surface area contributed by atoms with Gasteiger partial charge in [0.1, 0.15) is 0 Å². The fourth-order valence-electron chi connectivity index (χ4n) is 3.43. The van der Waals surface area contributed by atoms with Crippen molar-refractivity contribution in [3.63, 3.8) is 0 Å². The fourth-order valence-corrected chi connectivity index (χ4v) is 4.38. The summed E-state index contributed by atoms with van der Waals surface area (Å²) in [6.45, 7) is 0.0389. The van der Waals surface area contributed by atoms with Gasteiger partial charge in [-0.2, -0.15) is 0 Å². The van der Waals surface area contributed by atoms with Gasteiger partial charge in [-0.15, -0.1) is 11.8 Å². The molecule has 0 saturated carbocycles. The van der Waals surface area contributed by atoms with E-state index in [0.29, 0.717) is 5.69 Å². The zero-order chi connectivity index (χ0) is 20.1. The van der Waals surface area contributed by atoms with Gasteiger partial charge in [0, 0.05) is 28.3 Å². The number of aliphatic hydroxyl groups excluding tert-OH is 1. The van der Waals surface area contributed by atoms with Gasteiger partial charge in [-0.25, -0.2) is 0 Å². The Morgan fingerprint density at radius 3 is 2.41 bits per heavy atom. The van der Waals surface area contributed by atoms with Crippen LogP contribution in [-0.2, 0) is 16.1 Å². The number of benzene rings is 3. The SMILES string of the molecule is Nc1cccc([C@@H]2O[C@H](CSc3ccccc3)C[C@H](c3ccc(CO)cc3)O2)c1. The number of hydrogen-bond donors (Lipinski definition) is 2. The minimum Gasteiger partial charge on any atom is -0.399 e. The van der Waals surface area contributed by atoms with E-state index in [-0.39, 0.29) is 18.8 Å². The highest BCUT2D eigenvalue weighted by molar-refractivity contribution is 7.99. The second kappa shape index (κ2) is 9.46. The average Bonchev–Trinajstić information content (AvgIpc) is 2.78. The molecule has 0 aliphatic carbocycles. The van der Waals surface area contributed by atoms with Crippen LogP contribution < -0.4 is 5.73 Å². The zero-order valence-corrected chi connectivity index (χ0v) is 16.9. The Morgan fingerprint density at radius 2 is 1.69 bits per heavy atom. The molecule has 0 unspecified atom stereocenters. The van der Waals surface area contributed by atoms with Crippen molar-refractivity contribution in [3.8, 4) is 0 Å². The van der Waals surface area contributed by atoms with Gasteiger partial charge >= 0.3 is 0 Å². The van der Waals surface area contributed by atoms with Crippen LogP contribution in [0.25, 0.3) is 0 Å². The third-order valence-corrected chi connectivity index (χ3v) is 6.12. The van der Waals surface area contributed by atoms with Gasteiger partial charge in [-0.05, 0) is 35.4 Å². The Labute approximate surface area is 175 Å². The van der Waals surface area contributed by atoms with Gasteiger partial charge in [-0.1, -0.05) is 54.6 Å². The third-order valence-electron chi connectivity index (χ3n) is 4.98. The average molecular weight is 408 g/mol.